The third-order valence-electron chi connectivity index (χ3n) is 1.82. The second-order valence-electron chi connectivity index (χ2n) is 2.85. The van der Waals surface area contributed by atoms with Crippen LogP contribution in [0.25, 0.3) is 0 Å². The smallest absolute Gasteiger partial charge is 0.165 e. The predicted molar refractivity (Wildman–Crippen MR) is 53.1 cm³/mol. The van der Waals surface area contributed by atoms with Crippen LogP contribution in [0.1, 0.15) is 6.42 Å². The first-order chi connectivity index (χ1) is 6.77. The minimum Gasteiger partial charge on any atom is -0.494 e. The van der Waals surface area contributed by atoms with E-state index in [1.807, 2.05) is 0 Å². The lowest BCUT2D eigenvalue weighted by atomic mass is 10.3. The summed E-state index contributed by atoms with van der Waals surface area (Å²) in [6, 6.07) is 4.57. The summed E-state index contributed by atoms with van der Waals surface area (Å²) in [5, 5.41) is 11.6. The van der Waals surface area contributed by atoms with Gasteiger partial charge in [0.05, 0.1) is 7.11 Å². The molecule has 0 aliphatic carbocycles. The molecule has 1 aromatic rings. The molecule has 0 saturated heterocycles. The minimum absolute atomic E-state index is 0.144. The summed E-state index contributed by atoms with van der Waals surface area (Å²) >= 11 is 0. The van der Waals surface area contributed by atoms with Crippen LogP contribution < -0.4 is 10.1 Å². The first-order valence-electron chi connectivity index (χ1n) is 4.46. The molecule has 0 fully saturated rings. The third-order valence-corrected chi connectivity index (χ3v) is 1.82. The Morgan fingerprint density at radius 1 is 1.50 bits per heavy atom. The van der Waals surface area contributed by atoms with Crippen LogP contribution >= 0.6 is 0 Å². The van der Waals surface area contributed by atoms with Crippen LogP contribution in [-0.4, -0.2) is 25.4 Å². The number of aliphatic hydroxyl groups excluding tert-OH is 1. The van der Waals surface area contributed by atoms with Gasteiger partial charge in [-0.05, 0) is 18.6 Å². The van der Waals surface area contributed by atoms with Gasteiger partial charge in [0.2, 0.25) is 0 Å². The quantitative estimate of drug-likeness (QED) is 0.708. The molecule has 0 aromatic heterocycles. The minimum atomic E-state index is -0.375. The van der Waals surface area contributed by atoms with E-state index in [2.05, 4.69) is 5.32 Å². The molecule has 0 aliphatic rings. The maximum Gasteiger partial charge on any atom is 0.165 e. The van der Waals surface area contributed by atoms with Crippen LogP contribution in [0.3, 0.4) is 0 Å². The second-order valence-corrected chi connectivity index (χ2v) is 2.85. The van der Waals surface area contributed by atoms with Gasteiger partial charge in [0, 0.05) is 24.9 Å². The van der Waals surface area contributed by atoms with Crippen LogP contribution in [0, 0.1) is 5.82 Å². The Hall–Kier alpha value is -1.29. The molecular weight excluding hydrogens is 185 g/mol. The highest BCUT2D eigenvalue weighted by Gasteiger charge is 2.02. The van der Waals surface area contributed by atoms with Gasteiger partial charge in [-0.15, -0.1) is 0 Å². The molecule has 0 aliphatic heterocycles. The van der Waals surface area contributed by atoms with Gasteiger partial charge in [-0.25, -0.2) is 4.39 Å². The summed E-state index contributed by atoms with van der Waals surface area (Å²) in [6.07, 6.45) is 0.666. The van der Waals surface area contributed by atoms with Crippen molar-refractivity contribution in [3.63, 3.8) is 0 Å². The van der Waals surface area contributed by atoms with Gasteiger partial charge in [0.15, 0.2) is 11.6 Å². The largest absolute Gasteiger partial charge is 0.494 e. The van der Waals surface area contributed by atoms with Crippen molar-refractivity contribution >= 4 is 5.69 Å². The van der Waals surface area contributed by atoms with E-state index >= 15 is 0 Å². The van der Waals surface area contributed by atoms with E-state index in [0.717, 1.165) is 5.69 Å². The van der Waals surface area contributed by atoms with Gasteiger partial charge in [0.25, 0.3) is 0 Å². The molecule has 0 radical (unpaired) electrons. The van der Waals surface area contributed by atoms with Crippen LogP contribution in [0.5, 0.6) is 5.75 Å². The van der Waals surface area contributed by atoms with Crippen LogP contribution in [-0.2, 0) is 0 Å². The lowest BCUT2D eigenvalue weighted by Gasteiger charge is -2.07. The van der Waals surface area contributed by atoms with Crippen molar-refractivity contribution in [2.45, 2.75) is 6.42 Å². The number of aliphatic hydroxyl groups is 1. The average Bonchev–Trinajstić information content (AvgIpc) is 2.21. The van der Waals surface area contributed by atoms with Crippen LogP contribution in [0.2, 0.25) is 0 Å². The standard InChI is InChI=1S/C10H14FNO2/c1-14-10-7-8(3-4-9(10)11)12-5-2-6-13/h3-4,7,12-13H,2,5-6H2,1H3. The maximum absolute atomic E-state index is 13.0. The molecule has 0 amide bonds. The van der Waals surface area contributed by atoms with Gasteiger partial charge in [0.1, 0.15) is 0 Å². The number of methoxy groups -OCH3 is 1. The molecule has 0 spiro atoms. The van der Waals surface area contributed by atoms with Crippen molar-refractivity contribution in [1.29, 1.82) is 0 Å². The monoisotopic (exact) mass is 199 g/mol. The highest BCUT2D eigenvalue weighted by Crippen LogP contribution is 2.21. The number of hydrogen-bond acceptors (Lipinski definition) is 3. The fourth-order valence-electron chi connectivity index (χ4n) is 1.08. The Balaban J connectivity index is 2.60. The van der Waals surface area contributed by atoms with E-state index in [9.17, 15) is 4.39 Å². The van der Waals surface area contributed by atoms with Crippen LogP contribution in [0.15, 0.2) is 18.2 Å². The highest BCUT2D eigenvalue weighted by molar-refractivity contribution is 5.48. The molecule has 3 nitrogen and oxygen atoms in total. The molecule has 78 valence electrons. The maximum atomic E-state index is 13.0. The highest BCUT2D eigenvalue weighted by atomic mass is 19.1. The second kappa shape index (κ2) is 5.44. The van der Waals surface area contributed by atoms with E-state index in [-0.39, 0.29) is 18.2 Å². The molecule has 0 atom stereocenters. The van der Waals surface area contributed by atoms with Crippen molar-refractivity contribution < 1.29 is 14.2 Å². The summed E-state index contributed by atoms with van der Waals surface area (Å²) in [4.78, 5) is 0. The topological polar surface area (TPSA) is 41.5 Å². The van der Waals surface area contributed by atoms with Gasteiger partial charge in [-0.2, -0.15) is 0 Å². The molecule has 0 bridgehead atoms. The van der Waals surface area contributed by atoms with Crippen LogP contribution in [0.4, 0.5) is 10.1 Å². The van der Waals surface area contributed by atoms with E-state index in [4.69, 9.17) is 9.84 Å². The molecule has 1 aromatic carbocycles. The zero-order valence-electron chi connectivity index (χ0n) is 8.09. The Bertz CT molecular complexity index is 291. The van der Waals surface area contributed by atoms with Crippen molar-refractivity contribution in [3.8, 4) is 5.75 Å². The number of rotatable bonds is 5. The molecule has 4 heteroatoms. The summed E-state index contributed by atoms with van der Waals surface area (Å²) in [5.74, 6) is -0.154. The SMILES string of the molecule is COc1cc(NCCCO)ccc1F. The number of nitrogens with one attached hydrogen (secondary N) is 1. The fourth-order valence-corrected chi connectivity index (χ4v) is 1.08. The Morgan fingerprint density at radius 3 is 2.93 bits per heavy atom. The molecule has 0 saturated carbocycles. The number of anilines is 1. The van der Waals surface area contributed by atoms with Crippen molar-refractivity contribution in [2.24, 2.45) is 0 Å². The number of benzene rings is 1. The number of ether oxygens (including phenoxy) is 1. The molecule has 14 heavy (non-hydrogen) atoms. The van der Waals surface area contributed by atoms with Gasteiger partial charge < -0.3 is 15.2 Å². The number of hydrogen-bond donors (Lipinski definition) is 2. The lowest BCUT2D eigenvalue weighted by Crippen LogP contribution is -2.03. The predicted octanol–water partition coefficient (Wildman–Crippen LogP) is 1.63. The average molecular weight is 199 g/mol. The van der Waals surface area contributed by atoms with E-state index in [0.29, 0.717) is 13.0 Å². The summed E-state index contributed by atoms with van der Waals surface area (Å²) in [7, 11) is 1.43. The van der Waals surface area contributed by atoms with Gasteiger partial charge >= 0.3 is 0 Å². The fraction of sp³-hybridized carbons (Fsp3) is 0.400. The third kappa shape index (κ3) is 2.88. The lowest BCUT2D eigenvalue weighted by molar-refractivity contribution is 0.292. The van der Waals surface area contributed by atoms with Gasteiger partial charge in [-0.1, -0.05) is 0 Å². The zero-order valence-corrected chi connectivity index (χ0v) is 8.09. The molecular formula is C10H14FNO2. The van der Waals surface area contributed by atoms with E-state index in [1.165, 1.54) is 13.2 Å². The Morgan fingerprint density at radius 2 is 2.29 bits per heavy atom. The normalized spacial score (nSPS) is 9.93. The Labute approximate surface area is 82.5 Å². The molecule has 2 N–H and O–H groups in total. The molecule has 1 rings (SSSR count). The summed E-state index contributed by atoms with van der Waals surface area (Å²) < 4.78 is 17.8. The van der Waals surface area contributed by atoms with E-state index < -0.39 is 0 Å². The first-order valence-corrected chi connectivity index (χ1v) is 4.46. The van der Waals surface area contributed by atoms with Crippen molar-refractivity contribution in [2.75, 3.05) is 25.6 Å². The molecule has 0 heterocycles. The Kier molecular flexibility index (Phi) is 4.19. The zero-order chi connectivity index (χ0) is 10.4. The molecule has 0 unspecified atom stereocenters. The van der Waals surface area contributed by atoms with Crippen molar-refractivity contribution in [3.05, 3.63) is 24.0 Å². The first kappa shape index (κ1) is 10.8. The summed E-state index contributed by atoms with van der Waals surface area (Å²) in [5.41, 5.74) is 0.789. The van der Waals surface area contributed by atoms with Gasteiger partial charge in [-0.3, -0.25) is 0 Å². The van der Waals surface area contributed by atoms with E-state index in [1.54, 1.807) is 12.1 Å². The number of halogens is 1. The van der Waals surface area contributed by atoms with Crippen molar-refractivity contribution in [1.82, 2.24) is 0 Å². The summed E-state index contributed by atoms with van der Waals surface area (Å²) in [6.45, 7) is 0.802.